The quantitative estimate of drug-likeness (QED) is 0.587. The van der Waals surface area contributed by atoms with E-state index in [9.17, 15) is 0 Å². The molecule has 0 radical (unpaired) electrons. The maximum Gasteiger partial charge on any atom is 0.191 e. The van der Waals surface area contributed by atoms with E-state index in [2.05, 4.69) is 51.5 Å². The minimum Gasteiger partial charge on any atom is -0.357 e. The number of benzene rings is 1. The van der Waals surface area contributed by atoms with Crippen molar-refractivity contribution in [3.05, 3.63) is 58.7 Å². The van der Waals surface area contributed by atoms with Crippen LogP contribution in [0.2, 0.25) is 5.02 Å². The Hall–Kier alpha value is -2.27. The molecule has 0 aliphatic rings. The van der Waals surface area contributed by atoms with Gasteiger partial charge in [0.1, 0.15) is 5.82 Å². The van der Waals surface area contributed by atoms with Gasteiger partial charge in [0.2, 0.25) is 0 Å². The average Bonchev–Trinajstić information content (AvgIpc) is 2.65. The van der Waals surface area contributed by atoms with E-state index < -0.39 is 0 Å². The maximum absolute atomic E-state index is 5.90. The third kappa shape index (κ3) is 5.94. The SMILES string of the molecule is CCN(CC)c1ccc(CNC(=NC)NCc2ccc(Cl)cc2)cn1. The van der Waals surface area contributed by atoms with Gasteiger partial charge in [0.25, 0.3) is 0 Å². The number of hydrogen-bond acceptors (Lipinski definition) is 3. The van der Waals surface area contributed by atoms with E-state index in [0.717, 1.165) is 41.0 Å². The van der Waals surface area contributed by atoms with E-state index in [1.807, 2.05) is 30.5 Å². The van der Waals surface area contributed by atoms with Gasteiger partial charge >= 0.3 is 0 Å². The number of halogens is 1. The Morgan fingerprint density at radius 1 is 1.00 bits per heavy atom. The van der Waals surface area contributed by atoms with Gasteiger partial charge in [0.15, 0.2) is 5.96 Å². The van der Waals surface area contributed by atoms with Gasteiger partial charge in [-0.1, -0.05) is 29.8 Å². The van der Waals surface area contributed by atoms with Crippen LogP contribution in [0.15, 0.2) is 47.6 Å². The van der Waals surface area contributed by atoms with Crippen molar-refractivity contribution in [3.8, 4) is 0 Å². The smallest absolute Gasteiger partial charge is 0.191 e. The summed E-state index contributed by atoms with van der Waals surface area (Å²) in [5, 5.41) is 7.34. The molecule has 6 heteroatoms. The van der Waals surface area contributed by atoms with E-state index in [-0.39, 0.29) is 0 Å². The second kappa shape index (κ2) is 9.89. The summed E-state index contributed by atoms with van der Waals surface area (Å²) in [4.78, 5) is 11.0. The third-order valence-corrected chi connectivity index (χ3v) is 4.21. The monoisotopic (exact) mass is 359 g/mol. The van der Waals surface area contributed by atoms with E-state index in [1.54, 1.807) is 7.05 Å². The van der Waals surface area contributed by atoms with Crippen LogP contribution < -0.4 is 15.5 Å². The molecule has 1 aromatic heterocycles. The van der Waals surface area contributed by atoms with Gasteiger partial charge in [0.05, 0.1) is 0 Å². The molecule has 0 unspecified atom stereocenters. The number of guanidine groups is 1. The molecule has 2 N–H and O–H groups in total. The summed E-state index contributed by atoms with van der Waals surface area (Å²) in [6, 6.07) is 11.9. The molecule has 5 nitrogen and oxygen atoms in total. The molecule has 2 aromatic rings. The van der Waals surface area contributed by atoms with Gasteiger partial charge in [-0.2, -0.15) is 0 Å². The Morgan fingerprint density at radius 2 is 1.60 bits per heavy atom. The summed E-state index contributed by atoms with van der Waals surface area (Å²) in [5.41, 5.74) is 2.27. The molecule has 1 heterocycles. The van der Waals surface area contributed by atoms with Crippen LogP contribution in [-0.2, 0) is 13.1 Å². The lowest BCUT2D eigenvalue weighted by molar-refractivity contribution is 0.803. The van der Waals surface area contributed by atoms with Crippen molar-refractivity contribution in [3.63, 3.8) is 0 Å². The Balaban J connectivity index is 1.84. The second-order valence-corrected chi connectivity index (χ2v) is 6.04. The number of aliphatic imine (C=N–C) groups is 1. The highest BCUT2D eigenvalue weighted by Crippen LogP contribution is 2.11. The maximum atomic E-state index is 5.90. The van der Waals surface area contributed by atoms with Crippen molar-refractivity contribution in [1.82, 2.24) is 15.6 Å². The largest absolute Gasteiger partial charge is 0.357 e. The fourth-order valence-corrected chi connectivity index (χ4v) is 2.58. The van der Waals surface area contributed by atoms with Gasteiger partial charge in [-0.05, 0) is 43.2 Å². The first-order valence-corrected chi connectivity index (χ1v) is 8.92. The summed E-state index contributed by atoms with van der Waals surface area (Å²) in [6.07, 6.45) is 1.91. The van der Waals surface area contributed by atoms with Crippen LogP contribution in [0.3, 0.4) is 0 Å². The second-order valence-electron chi connectivity index (χ2n) is 5.60. The molecule has 1 aromatic carbocycles. The molecule has 0 bridgehead atoms. The van der Waals surface area contributed by atoms with Crippen molar-refractivity contribution < 1.29 is 0 Å². The number of aromatic nitrogens is 1. The lowest BCUT2D eigenvalue weighted by Gasteiger charge is -2.19. The topological polar surface area (TPSA) is 52.5 Å². The molecule has 0 spiro atoms. The van der Waals surface area contributed by atoms with Crippen molar-refractivity contribution in [2.45, 2.75) is 26.9 Å². The Bertz CT molecular complexity index is 663. The van der Waals surface area contributed by atoms with Crippen LogP contribution in [-0.4, -0.2) is 31.1 Å². The molecule has 2 rings (SSSR count). The molecule has 134 valence electrons. The summed E-state index contributed by atoms with van der Waals surface area (Å²) in [6.45, 7) is 7.56. The highest BCUT2D eigenvalue weighted by Gasteiger charge is 2.04. The number of nitrogens with zero attached hydrogens (tertiary/aromatic N) is 3. The molecule has 0 aliphatic carbocycles. The molecule has 0 saturated heterocycles. The number of rotatable bonds is 7. The third-order valence-electron chi connectivity index (χ3n) is 3.95. The Kier molecular flexibility index (Phi) is 7.54. The number of hydrogen-bond donors (Lipinski definition) is 2. The summed E-state index contributed by atoms with van der Waals surface area (Å²) < 4.78 is 0. The lowest BCUT2D eigenvalue weighted by Crippen LogP contribution is -2.36. The molecular formula is C19H26ClN5. The predicted octanol–water partition coefficient (Wildman–Crippen LogP) is 3.45. The van der Waals surface area contributed by atoms with Gasteiger partial charge in [0, 0.05) is 44.4 Å². The van der Waals surface area contributed by atoms with Gasteiger partial charge in [-0.3, -0.25) is 4.99 Å². The van der Waals surface area contributed by atoms with Crippen molar-refractivity contribution >= 4 is 23.4 Å². The molecule has 0 aliphatic heterocycles. The molecule has 0 fully saturated rings. The number of anilines is 1. The highest BCUT2D eigenvalue weighted by molar-refractivity contribution is 6.30. The van der Waals surface area contributed by atoms with Crippen LogP contribution in [0, 0.1) is 0 Å². The fraction of sp³-hybridized carbons (Fsp3) is 0.368. The predicted molar refractivity (Wildman–Crippen MR) is 106 cm³/mol. The Labute approximate surface area is 155 Å². The molecule has 0 saturated carbocycles. The molecule has 25 heavy (non-hydrogen) atoms. The normalized spacial score (nSPS) is 11.3. The molecule has 0 atom stereocenters. The van der Waals surface area contributed by atoms with Crippen molar-refractivity contribution in [2.75, 3.05) is 25.0 Å². The number of pyridine rings is 1. The zero-order chi connectivity index (χ0) is 18.1. The van der Waals surface area contributed by atoms with Crippen LogP contribution in [0.25, 0.3) is 0 Å². The Morgan fingerprint density at radius 3 is 2.12 bits per heavy atom. The van der Waals surface area contributed by atoms with E-state index in [1.165, 1.54) is 0 Å². The molecule has 0 amide bonds. The van der Waals surface area contributed by atoms with Crippen LogP contribution in [0.4, 0.5) is 5.82 Å². The van der Waals surface area contributed by atoms with E-state index in [0.29, 0.717) is 13.1 Å². The van der Waals surface area contributed by atoms with Crippen LogP contribution in [0.5, 0.6) is 0 Å². The minimum absolute atomic E-state index is 0.672. The van der Waals surface area contributed by atoms with Crippen molar-refractivity contribution in [2.24, 2.45) is 4.99 Å². The van der Waals surface area contributed by atoms with E-state index in [4.69, 9.17) is 11.6 Å². The summed E-state index contributed by atoms with van der Waals surface area (Å²) in [5.74, 6) is 1.77. The first-order valence-electron chi connectivity index (χ1n) is 8.55. The van der Waals surface area contributed by atoms with Crippen LogP contribution >= 0.6 is 11.6 Å². The standard InChI is InChI=1S/C19H26ClN5/c1-4-25(5-2)18-11-8-16(13-22-18)14-24-19(21-3)23-12-15-6-9-17(20)10-7-15/h6-11,13H,4-5,12,14H2,1-3H3,(H2,21,23,24). The van der Waals surface area contributed by atoms with Crippen molar-refractivity contribution in [1.29, 1.82) is 0 Å². The molecular weight excluding hydrogens is 334 g/mol. The minimum atomic E-state index is 0.672. The first kappa shape index (κ1) is 19.1. The highest BCUT2D eigenvalue weighted by atomic mass is 35.5. The average molecular weight is 360 g/mol. The van der Waals surface area contributed by atoms with Crippen LogP contribution in [0.1, 0.15) is 25.0 Å². The number of nitrogens with one attached hydrogen (secondary N) is 2. The first-order chi connectivity index (χ1) is 12.2. The lowest BCUT2D eigenvalue weighted by atomic mass is 10.2. The zero-order valence-corrected chi connectivity index (χ0v) is 15.8. The van der Waals surface area contributed by atoms with E-state index >= 15 is 0 Å². The summed E-state index contributed by atoms with van der Waals surface area (Å²) in [7, 11) is 1.76. The summed E-state index contributed by atoms with van der Waals surface area (Å²) >= 11 is 5.90. The van der Waals surface area contributed by atoms with Gasteiger partial charge < -0.3 is 15.5 Å². The van der Waals surface area contributed by atoms with Gasteiger partial charge in [-0.15, -0.1) is 0 Å². The zero-order valence-electron chi connectivity index (χ0n) is 15.1. The fourth-order valence-electron chi connectivity index (χ4n) is 2.45. The van der Waals surface area contributed by atoms with Gasteiger partial charge in [-0.25, -0.2) is 4.98 Å².